The van der Waals surface area contributed by atoms with Crippen LogP contribution in [0.1, 0.15) is 40.5 Å². The molecule has 1 N–H and O–H groups in total. The predicted octanol–water partition coefficient (Wildman–Crippen LogP) is 4.14. The Bertz CT molecular complexity index is 1590. The minimum atomic E-state index is -0.984. The normalized spacial score (nSPS) is 17.1. The minimum Gasteiger partial charge on any atom is -0.505 e. The molecule has 1 fully saturated rings. The Kier molecular flexibility index (Phi) is 6.16. The lowest BCUT2D eigenvalue weighted by molar-refractivity contribution is -0.132. The highest BCUT2D eigenvalue weighted by Gasteiger charge is 2.49. The van der Waals surface area contributed by atoms with Crippen molar-refractivity contribution < 1.29 is 24.2 Å². The number of methoxy groups -OCH3 is 1. The molecule has 1 amide bonds. The Balaban J connectivity index is 1.76. The number of imidazole rings is 1. The van der Waals surface area contributed by atoms with Crippen LogP contribution in [-0.2, 0) is 9.59 Å². The first-order valence-electron chi connectivity index (χ1n) is 11.6. The van der Waals surface area contributed by atoms with E-state index in [2.05, 4.69) is 15.2 Å². The van der Waals surface area contributed by atoms with Crippen LogP contribution in [0.15, 0.2) is 42.1 Å². The van der Waals surface area contributed by atoms with Gasteiger partial charge in [0.25, 0.3) is 5.78 Å². The molecule has 1 aliphatic heterocycles. The number of Topliss-reactive ketones (excluding diaryl/α,β-unsaturated/α-hetero) is 1. The van der Waals surface area contributed by atoms with E-state index < -0.39 is 17.7 Å². The summed E-state index contributed by atoms with van der Waals surface area (Å²) in [5, 5.41) is 20.6. The Morgan fingerprint density at radius 3 is 2.57 bits per heavy atom. The van der Waals surface area contributed by atoms with Gasteiger partial charge >= 0.3 is 5.91 Å². The van der Waals surface area contributed by atoms with Crippen molar-refractivity contribution in [2.24, 2.45) is 0 Å². The van der Waals surface area contributed by atoms with E-state index in [9.17, 15) is 14.7 Å². The molecule has 1 aromatic carbocycles. The van der Waals surface area contributed by atoms with E-state index in [-0.39, 0.29) is 22.2 Å². The van der Waals surface area contributed by atoms with Crippen LogP contribution in [-0.4, -0.2) is 50.1 Å². The maximum absolute atomic E-state index is 13.5. The minimum absolute atomic E-state index is 0.0896. The molecule has 1 atom stereocenters. The number of aliphatic hydroxyl groups excluding tert-OH is 1. The number of ketones is 1. The average molecular weight is 520 g/mol. The van der Waals surface area contributed by atoms with Gasteiger partial charge in [-0.1, -0.05) is 23.5 Å². The zero-order chi connectivity index (χ0) is 26.4. The van der Waals surface area contributed by atoms with Gasteiger partial charge in [0, 0.05) is 6.20 Å². The zero-order valence-corrected chi connectivity index (χ0v) is 21.8. The molecule has 0 spiro atoms. The van der Waals surface area contributed by atoms with E-state index in [0.717, 1.165) is 5.56 Å². The van der Waals surface area contributed by atoms with E-state index >= 15 is 0 Å². The van der Waals surface area contributed by atoms with Gasteiger partial charge in [-0.15, -0.1) is 10.2 Å². The fraction of sp³-hybridized carbons (Fsp3) is 0.269. The summed E-state index contributed by atoms with van der Waals surface area (Å²) in [5.41, 5.74) is 2.86. The lowest BCUT2D eigenvalue weighted by Crippen LogP contribution is -2.29. The van der Waals surface area contributed by atoms with Gasteiger partial charge in [-0.2, -0.15) is 0 Å². The van der Waals surface area contributed by atoms with Crippen LogP contribution >= 0.6 is 11.3 Å². The average Bonchev–Trinajstić information content (AvgIpc) is 3.54. The van der Waals surface area contributed by atoms with Crippen molar-refractivity contribution in [3.05, 3.63) is 69.6 Å². The smallest absolute Gasteiger partial charge is 0.301 e. The van der Waals surface area contributed by atoms with Crippen LogP contribution in [0, 0.1) is 20.8 Å². The third-order valence-electron chi connectivity index (χ3n) is 6.28. The lowest BCUT2D eigenvalue weighted by Gasteiger charge is -2.23. The number of nitrogens with zero attached hydrogens (tertiary/aromatic N) is 5. The van der Waals surface area contributed by atoms with Crippen molar-refractivity contribution in [1.29, 1.82) is 0 Å². The molecule has 3 aromatic heterocycles. The van der Waals surface area contributed by atoms with E-state index in [1.54, 1.807) is 32.0 Å². The van der Waals surface area contributed by atoms with E-state index in [1.165, 1.54) is 23.3 Å². The molecule has 37 heavy (non-hydrogen) atoms. The quantitative estimate of drug-likeness (QED) is 0.229. The largest absolute Gasteiger partial charge is 0.505 e. The molecule has 1 unspecified atom stereocenters. The molecule has 0 bridgehead atoms. The summed E-state index contributed by atoms with van der Waals surface area (Å²) < 4.78 is 13.0. The van der Waals surface area contributed by atoms with Gasteiger partial charge in [-0.05, 0) is 57.0 Å². The van der Waals surface area contributed by atoms with Gasteiger partial charge in [-0.3, -0.25) is 14.5 Å². The van der Waals surface area contributed by atoms with Gasteiger partial charge < -0.3 is 19.0 Å². The Hall–Kier alpha value is -4.25. The van der Waals surface area contributed by atoms with Crippen LogP contribution in [0.5, 0.6) is 11.5 Å². The molecule has 1 saturated heterocycles. The number of carbonyl (C=O) groups is 2. The maximum Gasteiger partial charge on any atom is 0.301 e. The summed E-state index contributed by atoms with van der Waals surface area (Å²) in [6.45, 7) is 7.76. The number of aryl methyl sites for hydroxylation is 3. The highest BCUT2D eigenvalue weighted by Crippen LogP contribution is 2.45. The molecule has 4 heterocycles. The highest BCUT2D eigenvalue weighted by molar-refractivity contribution is 7.15. The fourth-order valence-corrected chi connectivity index (χ4v) is 5.25. The summed E-state index contributed by atoms with van der Waals surface area (Å²) in [4.78, 5) is 32.7. The SMILES string of the molecule is CCOc1ccc(C2/C(=C(\O)c3nc4c(C)cccn4c3C)C(=O)C(=O)N2c2nnc(C)s2)cc1OC. The summed E-state index contributed by atoms with van der Waals surface area (Å²) in [5.74, 6) is -1.06. The van der Waals surface area contributed by atoms with E-state index in [1.807, 2.05) is 36.6 Å². The van der Waals surface area contributed by atoms with E-state index in [0.29, 0.717) is 40.0 Å². The number of aliphatic hydroxyl groups is 1. The van der Waals surface area contributed by atoms with Gasteiger partial charge in [0.15, 0.2) is 17.3 Å². The Morgan fingerprint density at radius 2 is 1.92 bits per heavy atom. The monoisotopic (exact) mass is 519 g/mol. The van der Waals surface area contributed by atoms with Crippen LogP contribution < -0.4 is 14.4 Å². The van der Waals surface area contributed by atoms with Gasteiger partial charge in [0.2, 0.25) is 5.13 Å². The number of hydrogen-bond acceptors (Lipinski definition) is 9. The zero-order valence-electron chi connectivity index (χ0n) is 21.0. The third-order valence-corrected chi connectivity index (χ3v) is 7.12. The van der Waals surface area contributed by atoms with Gasteiger partial charge in [0.1, 0.15) is 16.3 Å². The number of pyridine rings is 1. The summed E-state index contributed by atoms with van der Waals surface area (Å²) in [6.07, 6.45) is 1.83. The maximum atomic E-state index is 13.5. The molecule has 0 radical (unpaired) electrons. The van der Waals surface area contributed by atoms with Crippen molar-refractivity contribution in [3.8, 4) is 11.5 Å². The number of aromatic nitrogens is 4. The molecular weight excluding hydrogens is 494 g/mol. The predicted molar refractivity (Wildman–Crippen MR) is 138 cm³/mol. The third kappa shape index (κ3) is 3.91. The van der Waals surface area contributed by atoms with Crippen molar-refractivity contribution in [2.45, 2.75) is 33.7 Å². The first-order valence-corrected chi connectivity index (χ1v) is 12.4. The first kappa shape index (κ1) is 24.4. The molecular formula is C26H25N5O5S. The molecule has 0 saturated carbocycles. The summed E-state index contributed by atoms with van der Waals surface area (Å²) in [7, 11) is 1.51. The van der Waals surface area contributed by atoms with Crippen LogP contribution in [0.4, 0.5) is 5.13 Å². The fourth-order valence-electron chi connectivity index (χ4n) is 4.53. The second-order valence-corrected chi connectivity index (χ2v) is 9.71. The van der Waals surface area contributed by atoms with Crippen LogP contribution in [0.25, 0.3) is 11.4 Å². The summed E-state index contributed by atoms with van der Waals surface area (Å²) in [6, 6.07) is 7.94. The molecule has 0 aliphatic carbocycles. The number of rotatable bonds is 6. The molecule has 11 heteroatoms. The van der Waals surface area contributed by atoms with Gasteiger partial charge in [0.05, 0.1) is 31.0 Å². The number of hydrogen-bond donors (Lipinski definition) is 1. The number of benzene rings is 1. The van der Waals surface area contributed by atoms with Crippen molar-refractivity contribution in [2.75, 3.05) is 18.6 Å². The van der Waals surface area contributed by atoms with Crippen molar-refractivity contribution >= 4 is 39.6 Å². The molecule has 4 aromatic rings. The van der Waals surface area contributed by atoms with Crippen LogP contribution in [0.2, 0.25) is 0 Å². The number of anilines is 1. The molecule has 10 nitrogen and oxygen atoms in total. The second kappa shape index (κ2) is 9.32. The molecule has 5 rings (SSSR count). The summed E-state index contributed by atoms with van der Waals surface area (Å²) >= 11 is 1.18. The lowest BCUT2D eigenvalue weighted by atomic mass is 9.96. The van der Waals surface area contributed by atoms with Gasteiger partial charge in [-0.25, -0.2) is 4.98 Å². The van der Waals surface area contributed by atoms with Crippen molar-refractivity contribution in [1.82, 2.24) is 19.6 Å². The molecule has 190 valence electrons. The Morgan fingerprint density at radius 1 is 1.14 bits per heavy atom. The second-order valence-electron chi connectivity index (χ2n) is 8.55. The van der Waals surface area contributed by atoms with Crippen molar-refractivity contribution in [3.63, 3.8) is 0 Å². The Labute approximate surface area is 216 Å². The van der Waals surface area contributed by atoms with Crippen LogP contribution in [0.3, 0.4) is 0 Å². The topological polar surface area (TPSA) is 119 Å². The number of fused-ring (bicyclic) bond motifs is 1. The number of carbonyl (C=O) groups excluding carboxylic acids is 2. The first-order chi connectivity index (χ1) is 17.8. The standard InChI is InChI=1S/C26H25N5O5S/c1-6-36-17-10-9-16(12-18(17)35-5)21-19(23(33)25(34)31(21)26-29-28-15(4)37-26)22(32)20-14(3)30-11-7-8-13(2)24(30)27-20/h7-12,21,32H,6H2,1-5H3/b22-19+. The molecule has 1 aliphatic rings. The van der Waals surface area contributed by atoms with E-state index in [4.69, 9.17) is 9.47 Å². The highest BCUT2D eigenvalue weighted by atomic mass is 32.1. The number of ether oxygens (including phenoxy) is 2. The number of amides is 1.